The lowest BCUT2D eigenvalue weighted by Crippen LogP contribution is -2.41. The molecule has 0 spiro atoms. The molecule has 1 saturated heterocycles. The van der Waals surface area contributed by atoms with Crippen LogP contribution in [-0.2, 0) is 25.6 Å². The molecule has 1 aliphatic heterocycles. The van der Waals surface area contributed by atoms with Crippen molar-refractivity contribution in [2.24, 2.45) is 0 Å². The van der Waals surface area contributed by atoms with Crippen LogP contribution in [0.15, 0.2) is 18.7 Å². The molecule has 1 aromatic rings. The summed E-state index contributed by atoms with van der Waals surface area (Å²) < 4.78 is 12.1. The number of imidazole rings is 1. The van der Waals surface area contributed by atoms with E-state index in [1.165, 1.54) is 7.11 Å². The SMILES string of the molecule is COC(=O)CCN(CCCn1ccnc1)C(=O)C1CCCO1. The summed E-state index contributed by atoms with van der Waals surface area (Å²) in [6.07, 6.45) is 7.70. The van der Waals surface area contributed by atoms with Crippen LogP contribution in [0.5, 0.6) is 0 Å². The quantitative estimate of drug-likeness (QED) is 0.665. The van der Waals surface area contributed by atoms with Crippen LogP contribution in [0.3, 0.4) is 0 Å². The number of ether oxygens (including phenoxy) is 2. The number of carbonyl (C=O) groups is 2. The number of esters is 1. The maximum Gasteiger partial charge on any atom is 0.307 e. The normalized spacial score (nSPS) is 17.4. The first-order chi connectivity index (χ1) is 10.7. The van der Waals surface area contributed by atoms with Gasteiger partial charge >= 0.3 is 5.97 Å². The summed E-state index contributed by atoms with van der Waals surface area (Å²) in [6, 6.07) is 0. The molecule has 1 unspecified atom stereocenters. The monoisotopic (exact) mass is 309 g/mol. The molecule has 122 valence electrons. The van der Waals surface area contributed by atoms with Crippen molar-refractivity contribution in [3.05, 3.63) is 18.7 Å². The topological polar surface area (TPSA) is 73.7 Å². The lowest BCUT2D eigenvalue weighted by Gasteiger charge is -2.25. The van der Waals surface area contributed by atoms with E-state index < -0.39 is 0 Å². The Hall–Kier alpha value is -1.89. The maximum atomic E-state index is 12.5. The second kappa shape index (κ2) is 8.53. The van der Waals surface area contributed by atoms with Crippen LogP contribution in [0.25, 0.3) is 0 Å². The van der Waals surface area contributed by atoms with Gasteiger partial charge in [-0.25, -0.2) is 4.98 Å². The van der Waals surface area contributed by atoms with E-state index >= 15 is 0 Å². The smallest absolute Gasteiger partial charge is 0.307 e. The van der Waals surface area contributed by atoms with Crippen LogP contribution in [0.2, 0.25) is 0 Å². The van der Waals surface area contributed by atoms with Gasteiger partial charge in [0.15, 0.2) is 0 Å². The largest absolute Gasteiger partial charge is 0.469 e. The zero-order valence-electron chi connectivity index (χ0n) is 12.9. The van der Waals surface area contributed by atoms with Crippen molar-refractivity contribution < 1.29 is 19.1 Å². The van der Waals surface area contributed by atoms with E-state index in [0.717, 1.165) is 25.8 Å². The van der Waals surface area contributed by atoms with Crippen molar-refractivity contribution in [3.8, 4) is 0 Å². The Labute approximate surface area is 130 Å². The molecule has 0 saturated carbocycles. The molecule has 1 aromatic heterocycles. The number of hydrogen-bond donors (Lipinski definition) is 0. The third-order valence-corrected chi connectivity index (χ3v) is 3.73. The van der Waals surface area contributed by atoms with E-state index in [9.17, 15) is 9.59 Å². The summed E-state index contributed by atoms with van der Waals surface area (Å²) in [5.41, 5.74) is 0. The van der Waals surface area contributed by atoms with Gasteiger partial charge in [0.25, 0.3) is 5.91 Å². The molecule has 0 aromatic carbocycles. The van der Waals surface area contributed by atoms with Crippen LogP contribution in [0, 0.1) is 0 Å². The minimum atomic E-state index is -0.356. The second-order valence-electron chi connectivity index (χ2n) is 5.31. The third-order valence-electron chi connectivity index (χ3n) is 3.73. The molecule has 0 radical (unpaired) electrons. The summed E-state index contributed by atoms with van der Waals surface area (Å²) in [6.45, 7) is 2.38. The fraction of sp³-hybridized carbons (Fsp3) is 0.667. The third kappa shape index (κ3) is 4.84. The fourth-order valence-corrected chi connectivity index (χ4v) is 2.50. The van der Waals surface area contributed by atoms with Crippen LogP contribution >= 0.6 is 0 Å². The highest BCUT2D eigenvalue weighted by Crippen LogP contribution is 2.15. The van der Waals surface area contributed by atoms with Crippen LogP contribution in [0.4, 0.5) is 0 Å². The van der Waals surface area contributed by atoms with Gasteiger partial charge in [-0.1, -0.05) is 0 Å². The van der Waals surface area contributed by atoms with Gasteiger partial charge in [-0.05, 0) is 19.3 Å². The fourth-order valence-electron chi connectivity index (χ4n) is 2.50. The van der Waals surface area contributed by atoms with Gasteiger partial charge in [0.1, 0.15) is 6.10 Å². The first kappa shape index (κ1) is 16.5. The number of methoxy groups -OCH3 is 1. The van der Waals surface area contributed by atoms with Crippen LogP contribution in [0.1, 0.15) is 25.7 Å². The molecule has 22 heavy (non-hydrogen) atoms. The van der Waals surface area contributed by atoms with Gasteiger partial charge in [0, 0.05) is 38.6 Å². The molecule has 2 rings (SSSR count). The summed E-state index contributed by atoms with van der Waals surface area (Å²) in [7, 11) is 1.35. The van der Waals surface area contributed by atoms with Crippen LogP contribution < -0.4 is 0 Å². The summed E-state index contributed by atoms with van der Waals surface area (Å²) in [5, 5.41) is 0. The Balaban J connectivity index is 1.85. The van der Waals surface area contributed by atoms with E-state index in [4.69, 9.17) is 4.74 Å². The van der Waals surface area contributed by atoms with Gasteiger partial charge < -0.3 is 18.9 Å². The Morgan fingerprint density at radius 1 is 1.45 bits per heavy atom. The Morgan fingerprint density at radius 3 is 2.95 bits per heavy atom. The number of carbonyl (C=O) groups excluding carboxylic acids is 2. The number of aromatic nitrogens is 2. The molecule has 1 amide bonds. The molecule has 7 heteroatoms. The zero-order chi connectivity index (χ0) is 15.8. The molecule has 2 heterocycles. The lowest BCUT2D eigenvalue weighted by molar-refractivity contribution is -0.144. The summed E-state index contributed by atoms with van der Waals surface area (Å²) in [5.74, 6) is -0.327. The predicted molar refractivity (Wildman–Crippen MR) is 79.0 cm³/mol. The van der Waals surface area contributed by atoms with Gasteiger partial charge in [-0.3, -0.25) is 9.59 Å². The highest BCUT2D eigenvalue weighted by atomic mass is 16.5. The van der Waals surface area contributed by atoms with Crippen molar-refractivity contribution in [2.75, 3.05) is 26.8 Å². The first-order valence-corrected chi connectivity index (χ1v) is 7.63. The Bertz CT molecular complexity index is 469. The molecule has 1 fully saturated rings. The van der Waals surface area contributed by atoms with Gasteiger partial charge in [0.05, 0.1) is 19.9 Å². The first-order valence-electron chi connectivity index (χ1n) is 7.63. The van der Waals surface area contributed by atoms with Gasteiger partial charge in [-0.15, -0.1) is 0 Å². The van der Waals surface area contributed by atoms with Crippen molar-refractivity contribution >= 4 is 11.9 Å². The van der Waals surface area contributed by atoms with Crippen molar-refractivity contribution in [2.45, 2.75) is 38.3 Å². The molecule has 1 aliphatic rings. The lowest BCUT2D eigenvalue weighted by atomic mass is 10.2. The average molecular weight is 309 g/mol. The van der Waals surface area contributed by atoms with Crippen molar-refractivity contribution in [3.63, 3.8) is 0 Å². The van der Waals surface area contributed by atoms with Crippen molar-refractivity contribution in [1.29, 1.82) is 0 Å². The predicted octanol–water partition coefficient (Wildman–Crippen LogP) is 0.844. The number of rotatable bonds is 8. The van der Waals surface area contributed by atoms with Crippen LogP contribution in [-0.4, -0.2) is 59.2 Å². The highest BCUT2D eigenvalue weighted by molar-refractivity contribution is 5.81. The summed E-state index contributed by atoms with van der Waals surface area (Å²) in [4.78, 5) is 29.5. The average Bonchev–Trinajstić information content (AvgIpc) is 3.22. The van der Waals surface area contributed by atoms with E-state index in [1.807, 2.05) is 10.8 Å². The van der Waals surface area contributed by atoms with E-state index in [1.54, 1.807) is 17.4 Å². The molecule has 0 aliphatic carbocycles. The number of nitrogens with zero attached hydrogens (tertiary/aromatic N) is 3. The zero-order valence-corrected chi connectivity index (χ0v) is 12.9. The number of amides is 1. The summed E-state index contributed by atoms with van der Waals surface area (Å²) >= 11 is 0. The van der Waals surface area contributed by atoms with Gasteiger partial charge in [0.2, 0.25) is 0 Å². The minimum absolute atomic E-state index is 0.0213. The second-order valence-corrected chi connectivity index (χ2v) is 5.31. The number of hydrogen-bond acceptors (Lipinski definition) is 5. The van der Waals surface area contributed by atoms with E-state index in [2.05, 4.69) is 9.72 Å². The Kier molecular flexibility index (Phi) is 6.39. The minimum Gasteiger partial charge on any atom is -0.469 e. The molecule has 0 bridgehead atoms. The highest BCUT2D eigenvalue weighted by Gasteiger charge is 2.28. The molecular formula is C15H23N3O4. The Morgan fingerprint density at radius 2 is 2.32 bits per heavy atom. The van der Waals surface area contributed by atoms with E-state index in [0.29, 0.717) is 19.7 Å². The van der Waals surface area contributed by atoms with Crippen molar-refractivity contribution in [1.82, 2.24) is 14.5 Å². The number of aryl methyl sites for hydroxylation is 1. The molecule has 0 N–H and O–H groups in total. The van der Waals surface area contributed by atoms with Gasteiger partial charge in [-0.2, -0.15) is 0 Å². The molecule has 1 atom stereocenters. The van der Waals surface area contributed by atoms with E-state index in [-0.39, 0.29) is 24.4 Å². The molecule has 7 nitrogen and oxygen atoms in total. The maximum absolute atomic E-state index is 12.5. The standard InChI is InChI=1S/C15H23N3O4/c1-21-14(19)5-9-18(15(20)13-4-2-11-22-13)8-3-7-17-10-6-16-12-17/h6,10,12-13H,2-5,7-9,11H2,1H3. The molecular weight excluding hydrogens is 286 g/mol.